The van der Waals surface area contributed by atoms with Gasteiger partial charge in [0.15, 0.2) is 0 Å². The lowest BCUT2D eigenvalue weighted by molar-refractivity contribution is 0.658. The van der Waals surface area contributed by atoms with Crippen LogP contribution in [0.2, 0.25) is 0 Å². The SMILES string of the molecule is C=CC1C=CNN1. The molecular weight excluding hydrogens is 88.1 g/mol. The van der Waals surface area contributed by atoms with Crippen LogP contribution in [-0.2, 0) is 0 Å². The minimum Gasteiger partial charge on any atom is -0.328 e. The van der Waals surface area contributed by atoms with Crippen LogP contribution in [0.4, 0.5) is 0 Å². The Labute approximate surface area is 42.9 Å². The summed E-state index contributed by atoms with van der Waals surface area (Å²) >= 11 is 0. The number of nitrogens with one attached hydrogen (secondary N) is 2. The predicted molar refractivity (Wildman–Crippen MR) is 29.4 cm³/mol. The molecule has 0 saturated carbocycles. The molecule has 0 amide bonds. The van der Waals surface area contributed by atoms with E-state index in [1.807, 2.05) is 18.4 Å². The lowest BCUT2D eigenvalue weighted by Gasteiger charge is -1.97. The molecule has 1 aliphatic heterocycles. The van der Waals surface area contributed by atoms with Gasteiger partial charge in [-0.2, -0.15) is 0 Å². The fourth-order valence-electron chi connectivity index (χ4n) is 0.482. The normalized spacial score (nSPS) is 27.1. The van der Waals surface area contributed by atoms with Crippen molar-refractivity contribution < 1.29 is 0 Å². The molecule has 0 aromatic rings. The third-order valence-corrected chi connectivity index (χ3v) is 0.891. The first-order chi connectivity index (χ1) is 3.43. The van der Waals surface area contributed by atoms with Crippen LogP contribution < -0.4 is 10.9 Å². The molecule has 7 heavy (non-hydrogen) atoms. The Kier molecular flexibility index (Phi) is 1.13. The van der Waals surface area contributed by atoms with Crippen LogP contribution in [0.25, 0.3) is 0 Å². The first-order valence-corrected chi connectivity index (χ1v) is 2.24. The maximum absolute atomic E-state index is 3.59. The van der Waals surface area contributed by atoms with Crippen LogP contribution >= 0.6 is 0 Å². The van der Waals surface area contributed by atoms with Crippen molar-refractivity contribution in [3.63, 3.8) is 0 Å². The Hall–Kier alpha value is -0.760. The molecule has 0 aliphatic carbocycles. The number of hydrazine groups is 1. The van der Waals surface area contributed by atoms with E-state index in [-0.39, 0.29) is 0 Å². The minimum atomic E-state index is 0.319. The fourth-order valence-corrected chi connectivity index (χ4v) is 0.482. The quantitative estimate of drug-likeness (QED) is 0.454. The van der Waals surface area contributed by atoms with Crippen molar-refractivity contribution in [2.45, 2.75) is 6.04 Å². The van der Waals surface area contributed by atoms with Gasteiger partial charge in [-0.3, -0.25) is 0 Å². The number of hydrogen-bond donors (Lipinski definition) is 2. The summed E-state index contributed by atoms with van der Waals surface area (Å²) in [5, 5.41) is 0. The first kappa shape index (κ1) is 4.40. The molecule has 2 N–H and O–H groups in total. The van der Waals surface area contributed by atoms with E-state index in [0.717, 1.165) is 0 Å². The molecule has 0 bridgehead atoms. The Morgan fingerprint density at radius 1 is 1.71 bits per heavy atom. The van der Waals surface area contributed by atoms with Crippen LogP contribution in [0, 0.1) is 0 Å². The van der Waals surface area contributed by atoms with E-state index in [4.69, 9.17) is 0 Å². The lowest BCUT2D eigenvalue weighted by Crippen LogP contribution is -2.28. The van der Waals surface area contributed by atoms with Crippen LogP contribution in [0.15, 0.2) is 24.9 Å². The molecule has 1 aliphatic rings. The molecule has 1 atom stereocenters. The molecule has 0 aromatic carbocycles. The third kappa shape index (κ3) is 0.810. The second-order valence-electron chi connectivity index (χ2n) is 1.41. The van der Waals surface area contributed by atoms with E-state index >= 15 is 0 Å². The van der Waals surface area contributed by atoms with Gasteiger partial charge < -0.3 is 5.43 Å². The van der Waals surface area contributed by atoms with Crippen molar-refractivity contribution >= 4 is 0 Å². The maximum Gasteiger partial charge on any atom is 0.0635 e. The summed E-state index contributed by atoms with van der Waals surface area (Å²) in [6.45, 7) is 3.59. The van der Waals surface area contributed by atoms with E-state index in [0.29, 0.717) is 6.04 Å². The molecule has 1 rings (SSSR count). The summed E-state index contributed by atoms with van der Waals surface area (Å²) in [6, 6.07) is 0.319. The zero-order valence-electron chi connectivity index (χ0n) is 4.02. The van der Waals surface area contributed by atoms with Gasteiger partial charge >= 0.3 is 0 Å². The van der Waals surface area contributed by atoms with Crippen molar-refractivity contribution in [3.05, 3.63) is 24.9 Å². The summed E-state index contributed by atoms with van der Waals surface area (Å²) < 4.78 is 0. The van der Waals surface area contributed by atoms with Crippen molar-refractivity contribution in [1.82, 2.24) is 10.9 Å². The zero-order valence-corrected chi connectivity index (χ0v) is 4.02. The van der Waals surface area contributed by atoms with Crippen molar-refractivity contribution in [1.29, 1.82) is 0 Å². The van der Waals surface area contributed by atoms with E-state index in [1.165, 1.54) is 0 Å². The lowest BCUT2D eigenvalue weighted by atomic mass is 10.3. The van der Waals surface area contributed by atoms with Crippen LogP contribution in [-0.4, -0.2) is 6.04 Å². The average Bonchev–Trinajstić information content (AvgIpc) is 2.14. The van der Waals surface area contributed by atoms with Gasteiger partial charge in [0.25, 0.3) is 0 Å². The van der Waals surface area contributed by atoms with Crippen molar-refractivity contribution in [3.8, 4) is 0 Å². The highest BCUT2D eigenvalue weighted by Gasteiger charge is 1.98. The summed E-state index contributed by atoms with van der Waals surface area (Å²) in [7, 11) is 0. The molecule has 2 nitrogen and oxygen atoms in total. The predicted octanol–water partition coefficient (Wildman–Crippen LogP) is 0.162. The van der Waals surface area contributed by atoms with Gasteiger partial charge in [-0.1, -0.05) is 6.08 Å². The Bertz CT molecular complexity index is 96.3. The molecule has 1 heterocycles. The number of rotatable bonds is 1. The van der Waals surface area contributed by atoms with Crippen molar-refractivity contribution in [2.75, 3.05) is 0 Å². The van der Waals surface area contributed by atoms with Gasteiger partial charge in [-0.25, -0.2) is 5.43 Å². The largest absolute Gasteiger partial charge is 0.328 e. The average molecular weight is 96.1 g/mol. The second-order valence-corrected chi connectivity index (χ2v) is 1.41. The minimum absolute atomic E-state index is 0.319. The van der Waals surface area contributed by atoms with Crippen molar-refractivity contribution in [2.24, 2.45) is 0 Å². The molecule has 0 fully saturated rings. The van der Waals surface area contributed by atoms with Gasteiger partial charge in [0.05, 0.1) is 6.04 Å². The molecule has 0 aromatic heterocycles. The van der Waals surface area contributed by atoms with Crippen LogP contribution in [0.3, 0.4) is 0 Å². The molecular formula is C5H8N2. The highest BCUT2D eigenvalue weighted by molar-refractivity contribution is 5.05. The third-order valence-electron chi connectivity index (χ3n) is 0.891. The summed E-state index contributed by atoms with van der Waals surface area (Å²) in [5.74, 6) is 0. The summed E-state index contributed by atoms with van der Waals surface area (Å²) in [6.07, 6.45) is 5.68. The zero-order chi connectivity index (χ0) is 5.11. The molecule has 2 heteroatoms. The van der Waals surface area contributed by atoms with E-state index in [2.05, 4.69) is 17.4 Å². The molecule has 0 saturated heterocycles. The van der Waals surface area contributed by atoms with Crippen LogP contribution in [0.1, 0.15) is 0 Å². The molecule has 0 spiro atoms. The standard InChI is InChI=1S/C5H8N2/c1-2-5-3-4-6-7-5/h2-7H,1H2. The molecule has 38 valence electrons. The van der Waals surface area contributed by atoms with Gasteiger partial charge in [0.1, 0.15) is 0 Å². The van der Waals surface area contributed by atoms with E-state index in [9.17, 15) is 0 Å². The fraction of sp³-hybridized carbons (Fsp3) is 0.200. The Morgan fingerprint density at radius 3 is 2.86 bits per heavy atom. The van der Waals surface area contributed by atoms with Gasteiger partial charge in [-0.05, 0) is 6.08 Å². The molecule has 0 radical (unpaired) electrons. The smallest absolute Gasteiger partial charge is 0.0635 e. The summed E-state index contributed by atoms with van der Waals surface area (Å²) in [4.78, 5) is 0. The highest BCUT2D eigenvalue weighted by Crippen LogP contribution is 1.88. The molecule has 1 unspecified atom stereocenters. The second kappa shape index (κ2) is 1.80. The summed E-state index contributed by atoms with van der Waals surface area (Å²) in [5.41, 5.74) is 5.75. The number of hydrogen-bond acceptors (Lipinski definition) is 2. The Morgan fingerprint density at radius 2 is 2.57 bits per heavy atom. The first-order valence-electron chi connectivity index (χ1n) is 2.24. The van der Waals surface area contributed by atoms with Gasteiger partial charge in [-0.15, -0.1) is 6.58 Å². The maximum atomic E-state index is 3.59. The van der Waals surface area contributed by atoms with E-state index < -0.39 is 0 Å². The topological polar surface area (TPSA) is 24.1 Å². The van der Waals surface area contributed by atoms with E-state index in [1.54, 1.807) is 0 Å². The van der Waals surface area contributed by atoms with Gasteiger partial charge in [0.2, 0.25) is 0 Å². The monoisotopic (exact) mass is 96.1 g/mol. The Balaban J connectivity index is 2.42. The van der Waals surface area contributed by atoms with Crippen LogP contribution in [0.5, 0.6) is 0 Å². The highest BCUT2D eigenvalue weighted by atomic mass is 15.4. The van der Waals surface area contributed by atoms with Gasteiger partial charge in [0, 0.05) is 6.20 Å².